The van der Waals surface area contributed by atoms with E-state index in [1.54, 1.807) is 31.9 Å². The molecule has 276 valence electrons. The van der Waals surface area contributed by atoms with E-state index in [4.69, 9.17) is 9.47 Å². The number of benzene rings is 2. The molecule has 2 fully saturated rings. The van der Waals surface area contributed by atoms with Crippen LogP contribution in [0, 0.1) is 36.0 Å². The number of nitriles is 1. The van der Waals surface area contributed by atoms with Crippen LogP contribution in [0.25, 0.3) is 11.1 Å². The number of allylic oxidation sites excluding steroid dienone is 1. The van der Waals surface area contributed by atoms with Gasteiger partial charge in [-0.25, -0.2) is 0 Å². The first-order valence-corrected chi connectivity index (χ1v) is 18.6. The summed E-state index contributed by atoms with van der Waals surface area (Å²) in [5, 5.41) is 9.80. The number of hydrogen-bond donors (Lipinski definition) is 0. The molecule has 0 N–H and O–H groups in total. The summed E-state index contributed by atoms with van der Waals surface area (Å²) in [6.45, 7) is 17.4. The molecule has 3 aromatic rings. The molecule has 9 nitrogen and oxygen atoms in total. The standard InChI is InChI=1S/C43H55N5O4/c1-28-29(2)40(49)45(7)25-36(28)32-20-38(51-8)37(39(21-32)52-9)26-46-17-13-43(27-46)14-18-47(19-15-43)34-11-10-31-12-16-48(30(3)35(31)22-34)41(50)33(24-44)23-42(4,5)6/h10-11,20-23,25,30H,12-19,26-27H2,1-9H3/b33-23+/t30-/m0/s1. The third-order valence-electron chi connectivity index (χ3n) is 11.8. The number of rotatable bonds is 7. The molecule has 2 aromatic carbocycles. The van der Waals surface area contributed by atoms with Gasteiger partial charge in [0.25, 0.3) is 11.5 Å². The molecule has 0 saturated carbocycles. The summed E-state index contributed by atoms with van der Waals surface area (Å²) in [6, 6.07) is 13.0. The van der Waals surface area contributed by atoms with E-state index in [2.05, 4.69) is 53.1 Å². The fraction of sp³-hybridized carbons (Fsp3) is 0.512. The Morgan fingerprint density at radius 1 is 1.00 bits per heavy atom. The first-order chi connectivity index (χ1) is 24.7. The zero-order chi connectivity index (χ0) is 37.5. The Kier molecular flexibility index (Phi) is 10.4. The van der Waals surface area contributed by atoms with E-state index in [1.165, 1.54) is 23.2 Å². The van der Waals surface area contributed by atoms with Crippen LogP contribution in [-0.2, 0) is 24.8 Å². The Hall–Kier alpha value is -4.55. The van der Waals surface area contributed by atoms with Gasteiger partial charge in [0.2, 0.25) is 0 Å². The number of likely N-dealkylation sites (tertiary alicyclic amines) is 1. The molecule has 1 atom stereocenters. The molecule has 4 heterocycles. The lowest BCUT2D eigenvalue weighted by atomic mass is 9.77. The third-order valence-corrected chi connectivity index (χ3v) is 11.8. The molecule has 3 aliphatic heterocycles. The molecule has 2 saturated heterocycles. The molecule has 0 aliphatic carbocycles. The maximum absolute atomic E-state index is 13.5. The van der Waals surface area contributed by atoms with Gasteiger partial charge in [-0.15, -0.1) is 0 Å². The van der Waals surface area contributed by atoms with E-state index < -0.39 is 0 Å². The number of anilines is 1. The molecule has 1 aromatic heterocycles. The van der Waals surface area contributed by atoms with Gasteiger partial charge in [0.05, 0.1) is 25.8 Å². The SMILES string of the molecule is COc1cc(-c2cn(C)c(=O)c(C)c2C)cc(OC)c1CN1CCC2(CCN(c3ccc4c(c3)[C@H](C)N(C(=O)/C(C#N)=C/C(C)(C)C)CC4)CC2)C1. The van der Waals surface area contributed by atoms with Crippen molar-refractivity contribution < 1.29 is 14.3 Å². The van der Waals surface area contributed by atoms with Crippen molar-refractivity contribution in [3.05, 3.63) is 86.3 Å². The minimum absolute atomic E-state index is 0.0168. The average molecular weight is 706 g/mol. The quantitative estimate of drug-likeness (QED) is 0.191. The summed E-state index contributed by atoms with van der Waals surface area (Å²) in [7, 11) is 5.22. The number of amides is 1. The van der Waals surface area contributed by atoms with Gasteiger partial charge in [-0.3, -0.25) is 14.5 Å². The first-order valence-electron chi connectivity index (χ1n) is 18.6. The van der Waals surface area contributed by atoms with E-state index in [0.717, 1.165) is 91.3 Å². The lowest BCUT2D eigenvalue weighted by molar-refractivity contribution is -0.129. The van der Waals surface area contributed by atoms with Gasteiger partial charge < -0.3 is 23.8 Å². The fourth-order valence-corrected chi connectivity index (χ4v) is 8.60. The number of pyridine rings is 1. The number of fused-ring (bicyclic) bond motifs is 1. The van der Waals surface area contributed by atoms with Crippen LogP contribution in [0.15, 0.2) is 53.0 Å². The summed E-state index contributed by atoms with van der Waals surface area (Å²) in [5.41, 5.74) is 8.69. The Morgan fingerprint density at radius 2 is 1.65 bits per heavy atom. The number of nitrogens with zero attached hydrogens (tertiary/aromatic N) is 5. The Balaban J connectivity index is 1.13. The second kappa shape index (κ2) is 14.5. The van der Waals surface area contributed by atoms with Gasteiger partial charge in [0.15, 0.2) is 0 Å². The van der Waals surface area contributed by atoms with E-state index in [1.807, 2.05) is 45.7 Å². The largest absolute Gasteiger partial charge is 0.496 e. The number of aromatic nitrogens is 1. The van der Waals surface area contributed by atoms with Crippen molar-refractivity contribution >= 4 is 11.6 Å². The van der Waals surface area contributed by atoms with E-state index in [-0.39, 0.29) is 33.9 Å². The van der Waals surface area contributed by atoms with Crippen molar-refractivity contribution in [3.63, 3.8) is 0 Å². The van der Waals surface area contributed by atoms with Crippen molar-refractivity contribution in [2.24, 2.45) is 17.9 Å². The van der Waals surface area contributed by atoms with Gasteiger partial charge in [0, 0.05) is 62.8 Å². The molecule has 1 amide bonds. The van der Waals surface area contributed by atoms with Crippen LogP contribution in [0.1, 0.15) is 80.8 Å². The van der Waals surface area contributed by atoms with E-state index in [0.29, 0.717) is 6.54 Å². The van der Waals surface area contributed by atoms with Gasteiger partial charge in [0.1, 0.15) is 23.1 Å². The molecule has 6 rings (SSSR count). The molecular weight excluding hydrogens is 651 g/mol. The number of carbonyl (C=O) groups is 1. The molecule has 1 spiro atoms. The zero-order valence-corrected chi connectivity index (χ0v) is 32.6. The molecule has 9 heteroatoms. The maximum atomic E-state index is 13.5. The summed E-state index contributed by atoms with van der Waals surface area (Å²) in [4.78, 5) is 32.9. The maximum Gasteiger partial charge on any atom is 0.264 e. The predicted octanol–water partition coefficient (Wildman–Crippen LogP) is 7.12. The van der Waals surface area contributed by atoms with E-state index >= 15 is 0 Å². The molecule has 3 aliphatic rings. The van der Waals surface area contributed by atoms with Crippen LogP contribution < -0.4 is 19.9 Å². The summed E-state index contributed by atoms with van der Waals surface area (Å²) < 4.78 is 13.6. The highest BCUT2D eigenvalue weighted by Gasteiger charge is 2.41. The highest BCUT2D eigenvalue weighted by atomic mass is 16.5. The van der Waals surface area contributed by atoms with Crippen molar-refractivity contribution in [2.75, 3.05) is 51.8 Å². The number of hydrogen-bond acceptors (Lipinski definition) is 7. The summed E-state index contributed by atoms with van der Waals surface area (Å²) in [5.74, 6) is 1.42. The van der Waals surface area contributed by atoms with Crippen molar-refractivity contribution in [1.82, 2.24) is 14.4 Å². The smallest absolute Gasteiger partial charge is 0.264 e. The lowest BCUT2D eigenvalue weighted by Crippen LogP contribution is -2.42. The lowest BCUT2D eigenvalue weighted by Gasteiger charge is -2.41. The first kappa shape index (κ1) is 37.2. The number of carbonyl (C=O) groups excluding carboxylic acids is 1. The monoisotopic (exact) mass is 705 g/mol. The highest BCUT2D eigenvalue weighted by Crippen LogP contribution is 2.44. The van der Waals surface area contributed by atoms with Gasteiger partial charge >= 0.3 is 0 Å². The van der Waals surface area contributed by atoms with Crippen molar-refractivity contribution in [2.45, 2.75) is 79.8 Å². The van der Waals surface area contributed by atoms with E-state index in [9.17, 15) is 14.9 Å². The number of ether oxygens (including phenoxy) is 2. The molecular formula is C43H55N5O4. The number of aryl methyl sites for hydroxylation is 1. The topological polar surface area (TPSA) is 91.0 Å². The molecule has 0 radical (unpaired) electrons. The van der Waals surface area contributed by atoms with Crippen molar-refractivity contribution in [3.8, 4) is 28.7 Å². The average Bonchev–Trinajstić information content (AvgIpc) is 3.52. The predicted molar refractivity (Wildman–Crippen MR) is 207 cm³/mol. The highest BCUT2D eigenvalue weighted by molar-refractivity contribution is 5.97. The van der Waals surface area contributed by atoms with Crippen LogP contribution in [0.3, 0.4) is 0 Å². The minimum atomic E-state index is -0.247. The summed E-state index contributed by atoms with van der Waals surface area (Å²) >= 11 is 0. The fourth-order valence-electron chi connectivity index (χ4n) is 8.60. The Morgan fingerprint density at radius 3 is 2.27 bits per heavy atom. The van der Waals surface area contributed by atoms with Crippen LogP contribution in [-0.4, -0.2) is 67.2 Å². The van der Waals surface area contributed by atoms with Gasteiger partial charge in [-0.05, 0) is 110 Å². The van der Waals surface area contributed by atoms with Crippen LogP contribution in [0.4, 0.5) is 5.69 Å². The van der Waals surface area contributed by atoms with Crippen LogP contribution >= 0.6 is 0 Å². The third kappa shape index (κ3) is 7.23. The van der Waals surface area contributed by atoms with Crippen LogP contribution in [0.5, 0.6) is 11.5 Å². The van der Waals surface area contributed by atoms with Gasteiger partial charge in [-0.1, -0.05) is 32.9 Å². The normalized spacial score (nSPS) is 19.1. The van der Waals surface area contributed by atoms with Crippen LogP contribution in [0.2, 0.25) is 0 Å². The molecule has 0 unspecified atom stereocenters. The van der Waals surface area contributed by atoms with Crippen molar-refractivity contribution in [1.29, 1.82) is 5.26 Å². The number of piperidine rings is 1. The summed E-state index contributed by atoms with van der Waals surface area (Å²) in [6.07, 6.45) is 7.91. The second-order valence-electron chi connectivity index (χ2n) is 16.4. The zero-order valence-electron chi connectivity index (χ0n) is 32.6. The molecule has 52 heavy (non-hydrogen) atoms. The number of methoxy groups -OCH3 is 2. The Labute approximate surface area is 309 Å². The minimum Gasteiger partial charge on any atom is -0.496 e. The molecule has 0 bridgehead atoms. The second-order valence-corrected chi connectivity index (χ2v) is 16.4. The Bertz CT molecular complexity index is 1960. The van der Waals surface area contributed by atoms with Gasteiger partial charge in [-0.2, -0.15) is 5.26 Å².